The number of ether oxygens (including phenoxy) is 2. The molecule has 0 unspecified atom stereocenters. The summed E-state index contributed by atoms with van der Waals surface area (Å²) in [5.41, 5.74) is 2.26. The maximum Gasteiger partial charge on any atom is 0.315 e. The highest BCUT2D eigenvalue weighted by atomic mass is 32.2. The number of thioether (sulfide) groups is 1. The van der Waals surface area contributed by atoms with Crippen molar-refractivity contribution in [2.24, 2.45) is 0 Å². The molecule has 4 nitrogen and oxygen atoms in total. The molecule has 0 atom stereocenters. The second kappa shape index (κ2) is 11.5. The fourth-order valence-electron chi connectivity index (χ4n) is 3.66. The Morgan fingerprint density at radius 1 is 0.576 bits per heavy atom. The highest BCUT2D eigenvalue weighted by Gasteiger charge is 2.08. The summed E-state index contributed by atoms with van der Waals surface area (Å²) in [6, 6.07) is 28.8. The van der Waals surface area contributed by atoms with Crippen LogP contribution in [0.1, 0.15) is 11.1 Å². The van der Waals surface area contributed by atoms with Gasteiger partial charge in [0.2, 0.25) is 0 Å². The molecule has 0 aliphatic carbocycles. The number of benzene rings is 4. The molecule has 0 heterocycles. The molecule has 0 bridgehead atoms. The Morgan fingerprint density at radius 3 is 1.45 bits per heavy atom. The second-order valence-corrected chi connectivity index (χ2v) is 8.78. The summed E-state index contributed by atoms with van der Waals surface area (Å²) in [6.45, 7) is 0.655. The summed E-state index contributed by atoms with van der Waals surface area (Å²) in [4.78, 5) is 23.9. The minimum atomic E-state index is -0.315. The van der Waals surface area contributed by atoms with E-state index >= 15 is 0 Å². The van der Waals surface area contributed by atoms with Crippen molar-refractivity contribution in [3.63, 3.8) is 0 Å². The predicted octanol–water partition coefficient (Wildman–Crippen LogP) is 5.60. The summed E-state index contributed by atoms with van der Waals surface area (Å²) in [6.07, 6.45) is 1.33. The van der Waals surface area contributed by atoms with E-state index in [-0.39, 0.29) is 23.4 Å². The fraction of sp³-hybridized carbons (Fsp3) is 0.214. The molecule has 0 spiro atoms. The molecule has 0 radical (unpaired) electrons. The molecule has 4 aromatic rings. The lowest BCUT2D eigenvalue weighted by Crippen LogP contribution is -2.14. The van der Waals surface area contributed by atoms with Crippen molar-refractivity contribution < 1.29 is 19.1 Å². The van der Waals surface area contributed by atoms with Crippen LogP contribution in [0.15, 0.2) is 84.9 Å². The van der Waals surface area contributed by atoms with Crippen LogP contribution in [0, 0.1) is 0 Å². The van der Waals surface area contributed by atoms with Gasteiger partial charge in [0.05, 0.1) is 24.7 Å². The lowest BCUT2D eigenvalue weighted by molar-refractivity contribution is -0.140. The first-order valence-electron chi connectivity index (χ1n) is 11.0. The molecule has 5 heteroatoms. The Morgan fingerprint density at radius 2 is 1.00 bits per heavy atom. The Labute approximate surface area is 197 Å². The van der Waals surface area contributed by atoms with E-state index < -0.39 is 0 Å². The van der Waals surface area contributed by atoms with Gasteiger partial charge in [-0.15, -0.1) is 11.8 Å². The molecule has 0 aliphatic heterocycles. The van der Waals surface area contributed by atoms with Crippen LogP contribution in [0.5, 0.6) is 0 Å². The van der Waals surface area contributed by atoms with Gasteiger partial charge >= 0.3 is 11.9 Å². The number of fused-ring (bicyclic) bond motifs is 2. The smallest absolute Gasteiger partial charge is 0.315 e. The van der Waals surface area contributed by atoms with Crippen molar-refractivity contribution in [2.45, 2.75) is 12.8 Å². The van der Waals surface area contributed by atoms with Gasteiger partial charge in [-0.3, -0.25) is 9.59 Å². The monoisotopic (exact) mass is 458 g/mol. The van der Waals surface area contributed by atoms with Crippen LogP contribution in [0.2, 0.25) is 0 Å². The Bertz CT molecular complexity index is 1150. The van der Waals surface area contributed by atoms with E-state index in [4.69, 9.17) is 9.47 Å². The van der Waals surface area contributed by atoms with E-state index in [1.165, 1.54) is 33.3 Å². The molecule has 0 saturated carbocycles. The van der Waals surface area contributed by atoms with E-state index in [1.807, 2.05) is 24.3 Å². The fourth-order valence-corrected chi connectivity index (χ4v) is 4.26. The lowest BCUT2D eigenvalue weighted by Gasteiger charge is -2.07. The van der Waals surface area contributed by atoms with Crippen LogP contribution in [-0.2, 0) is 31.9 Å². The molecule has 0 saturated heterocycles. The van der Waals surface area contributed by atoms with Gasteiger partial charge in [0.15, 0.2) is 0 Å². The maximum atomic E-state index is 11.9. The third-order valence-electron chi connectivity index (χ3n) is 5.38. The molecular formula is C28H26O4S. The molecular weight excluding hydrogens is 432 g/mol. The summed E-state index contributed by atoms with van der Waals surface area (Å²) in [5, 5.41) is 4.74. The van der Waals surface area contributed by atoms with E-state index in [2.05, 4.69) is 60.7 Å². The van der Waals surface area contributed by atoms with Gasteiger partial charge in [-0.05, 0) is 32.7 Å². The molecule has 0 aliphatic rings. The molecule has 0 amide bonds. The summed E-state index contributed by atoms with van der Waals surface area (Å²) < 4.78 is 10.6. The molecule has 0 aromatic heterocycles. The average Bonchev–Trinajstić information content (AvgIpc) is 2.84. The van der Waals surface area contributed by atoms with Gasteiger partial charge in [0.25, 0.3) is 0 Å². The van der Waals surface area contributed by atoms with Crippen LogP contribution in [0.3, 0.4) is 0 Å². The zero-order valence-electron chi connectivity index (χ0n) is 18.4. The van der Waals surface area contributed by atoms with Crippen LogP contribution >= 0.6 is 11.8 Å². The van der Waals surface area contributed by atoms with Gasteiger partial charge in [-0.25, -0.2) is 0 Å². The molecule has 0 fully saturated rings. The molecule has 4 rings (SSSR count). The third-order valence-corrected chi connectivity index (χ3v) is 6.25. The lowest BCUT2D eigenvalue weighted by atomic mass is 10.1. The number of carbonyl (C=O) groups excluding carboxylic acids is 2. The van der Waals surface area contributed by atoms with Crippen molar-refractivity contribution in [3.8, 4) is 0 Å². The maximum absolute atomic E-state index is 11.9. The van der Waals surface area contributed by atoms with Crippen LogP contribution in [0.25, 0.3) is 21.5 Å². The first kappa shape index (κ1) is 22.9. The number of rotatable bonds is 10. The van der Waals surface area contributed by atoms with Gasteiger partial charge < -0.3 is 9.47 Å². The van der Waals surface area contributed by atoms with Crippen LogP contribution in [0.4, 0.5) is 0 Å². The van der Waals surface area contributed by atoms with Gasteiger partial charge in [0, 0.05) is 12.8 Å². The molecule has 4 aromatic carbocycles. The van der Waals surface area contributed by atoms with Crippen molar-refractivity contribution in [1.29, 1.82) is 0 Å². The highest BCUT2D eigenvalue weighted by Crippen LogP contribution is 2.17. The van der Waals surface area contributed by atoms with Crippen molar-refractivity contribution in [1.82, 2.24) is 0 Å². The number of hydrogen-bond donors (Lipinski definition) is 0. The normalized spacial score (nSPS) is 10.9. The summed E-state index contributed by atoms with van der Waals surface area (Å²) >= 11 is 1.22. The van der Waals surface area contributed by atoms with E-state index in [9.17, 15) is 9.59 Å². The topological polar surface area (TPSA) is 52.6 Å². The molecule has 33 heavy (non-hydrogen) atoms. The minimum absolute atomic E-state index is 0.136. The standard InChI is InChI=1S/C28H26O4S/c29-27(31-15-13-21-9-11-23-5-1-3-7-25(23)17-21)19-33-20-28(30)32-16-14-22-10-12-24-6-2-4-8-26(24)18-22/h1-12,17-18H,13-16,19-20H2. The van der Waals surface area contributed by atoms with Gasteiger partial charge in [-0.1, -0.05) is 84.9 Å². The third kappa shape index (κ3) is 6.83. The molecule has 0 N–H and O–H groups in total. The van der Waals surface area contributed by atoms with Gasteiger partial charge in [-0.2, -0.15) is 0 Å². The summed E-state index contributed by atoms with van der Waals surface area (Å²) in [5.74, 6) is -0.357. The highest BCUT2D eigenvalue weighted by molar-refractivity contribution is 8.00. The van der Waals surface area contributed by atoms with Crippen molar-refractivity contribution in [2.75, 3.05) is 24.7 Å². The van der Waals surface area contributed by atoms with Crippen LogP contribution < -0.4 is 0 Å². The Balaban J connectivity index is 1.09. The zero-order valence-corrected chi connectivity index (χ0v) is 19.2. The minimum Gasteiger partial charge on any atom is -0.465 e. The second-order valence-electron chi connectivity index (χ2n) is 7.80. The van der Waals surface area contributed by atoms with E-state index in [1.54, 1.807) is 0 Å². The van der Waals surface area contributed by atoms with Gasteiger partial charge in [0.1, 0.15) is 0 Å². The quantitative estimate of drug-likeness (QED) is 0.290. The van der Waals surface area contributed by atoms with Crippen LogP contribution in [-0.4, -0.2) is 36.7 Å². The van der Waals surface area contributed by atoms with E-state index in [0.717, 1.165) is 11.1 Å². The molecule has 168 valence electrons. The number of esters is 2. The SMILES string of the molecule is O=C(CSCC(=O)OCCc1ccc2ccccc2c1)OCCc1ccc2ccccc2c1. The summed E-state index contributed by atoms with van der Waals surface area (Å²) in [7, 11) is 0. The average molecular weight is 459 g/mol. The van der Waals surface area contributed by atoms with Crippen molar-refractivity contribution >= 4 is 45.2 Å². The first-order valence-corrected chi connectivity index (χ1v) is 12.2. The Hall–Kier alpha value is -3.31. The van der Waals surface area contributed by atoms with Crippen molar-refractivity contribution in [3.05, 3.63) is 96.1 Å². The Kier molecular flexibility index (Phi) is 7.99. The zero-order chi connectivity index (χ0) is 22.9. The number of carbonyl (C=O) groups is 2. The van der Waals surface area contributed by atoms with E-state index in [0.29, 0.717) is 26.1 Å². The predicted molar refractivity (Wildman–Crippen MR) is 135 cm³/mol. The first-order chi connectivity index (χ1) is 16.2. The number of hydrogen-bond acceptors (Lipinski definition) is 5. The largest absolute Gasteiger partial charge is 0.465 e.